The molecule has 13 heavy (non-hydrogen) atoms. The first-order valence-electron chi connectivity index (χ1n) is 4.33. The van der Waals surface area contributed by atoms with E-state index in [2.05, 4.69) is 5.32 Å². The van der Waals surface area contributed by atoms with Gasteiger partial charge in [-0.05, 0) is 19.3 Å². The first-order valence-corrected chi connectivity index (χ1v) is 4.33. The van der Waals surface area contributed by atoms with Crippen molar-refractivity contribution in [3.8, 4) is 0 Å². The number of carboxylic acid groups (broad SMARTS) is 1. The molecule has 0 bridgehead atoms. The largest absolute Gasteiger partial charge is 0.465 e. The molecule has 0 saturated carbocycles. The first-order chi connectivity index (χ1) is 5.55. The molecule has 0 aromatic heterocycles. The average molecular weight is 188 g/mol. The minimum absolute atomic E-state index is 0.184. The summed E-state index contributed by atoms with van der Waals surface area (Å²) in [6, 6.07) is -0.266. The molecule has 1 amide bonds. The molecule has 0 spiro atoms. The topological polar surface area (TPSA) is 75.3 Å². The molecular weight excluding hydrogens is 168 g/mol. The van der Waals surface area contributed by atoms with Crippen molar-refractivity contribution < 1.29 is 9.90 Å². The van der Waals surface area contributed by atoms with Crippen molar-refractivity contribution in [1.29, 1.82) is 0 Å². The van der Waals surface area contributed by atoms with E-state index in [4.69, 9.17) is 10.8 Å². The fraction of sp³-hybridized carbons (Fsp3) is 0.889. The predicted molar refractivity (Wildman–Crippen MR) is 52.7 cm³/mol. The molecular formula is C9H20N2O2. The Labute approximate surface area is 79.5 Å². The summed E-state index contributed by atoms with van der Waals surface area (Å²) >= 11 is 0. The lowest BCUT2D eigenvalue weighted by Gasteiger charge is -2.40. The van der Waals surface area contributed by atoms with Crippen LogP contribution >= 0.6 is 0 Å². The normalized spacial score (nSPS) is 15.2. The van der Waals surface area contributed by atoms with Crippen molar-refractivity contribution in [2.45, 2.75) is 46.2 Å². The zero-order valence-electron chi connectivity index (χ0n) is 9.01. The summed E-state index contributed by atoms with van der Waals surface area (Å²) in [5.41, 5.74) is 5.15. The summed E-state index contributed by atoms with van der Waals surface area (Å²) < 4.78 is 0. The number of rotatable bonds is 2. The molecule has 1 atom stereocenters. The van der Waals surface area contributed by atoms with Crippen LogP contribution in [0, 0.1) is 5.41 Å². The van der Waals surface area contributed by atoms with E-state index >= 15 is 0 Å². The zero-order chi connectivity index (χ0) is 10.9. The van der Waals surface area contributed by atoms with Crippen molar-refractivity contribution in [1.82, 2.24) is 5.32 Å². The standard InChI is InChI=1S/C9H20N2O2/c1-8(2,3)6(9(4,5)10)11-7(12)13/h6,11H,10H2,1-5H3,(H,12,13). The Kier molecular flexibility index (Phi) is 3.33. The van der Waals surface area contributed by atoms with Gasteiger partial charge in [0.05, 0.1) is 6.04 Å². The third-order valence-corrected chi connectivity index (χ3v) is 1.88. The molecule has 0 aliphatic carbocycles. The summed E-state index contributed by atoms with van der Waals surface area (Å²) in [5.74, 6) is 0. The Morgan fingerprint density at radius 3 is 1.77 bits per heavy atom. The van der Waals surface area contributed by atoms with E-state index in [0.717, 1.165) is 0 Å². The maximum Gasteiger partial charge on any atom is 0.404 e. The van der Waals surface area contributed by atoms with Gasteiger partial charge in [-0.3, -0.25) is 0 Å². The fourth-order valence-electron chi connectivity index (χ4n) is 1.64. The van der Waals surface area contributed by atoms with Crippen molar-refractivity contribution in [2.24, 2.45) is 11.1 Å². The second-order valence-electron chi connectivity index (χ2n) is 5.07. The van der Waals surface area contributed by atoms with Crippen LogP contribution in [0.2, 0.25) is 0 Å². The van der Waals surface area contributed by atoms with E-state index in [1.165, 1.54) is 0 Å². The van der Waals surface area contributed by atoms with Crippen LogP contribution in [-0.4, -0.2) is 22.8 Å². The van der Waals surface area contributed by atoms with Crippen LogP contribution in [0.3, 0.4) is 0 Å². The van der Waals surface area contributed by atoms with E-state index in [9.17, 15) is 4.79 Å². The van der Waals surface area contributed by atoms with Crippen molar-refractivity contribution in [2.75, 3.05) is 0 Å². The van der Waals surface area contributed by atoms with Gasteiger partial charge in [0, 0.05) is 5.54 Å². The van der Waals surface area contributed by atoms with Crippen molar-refractivity contribution in [3.05, 3.63) is 0 Å². The molecule has 4 N–H and O–H groups in total. The third-order valence-electron chi connectivity index (χ3n) is 1.88. The van der Waals surface area contributed by atoms with Crippen LogP contribution in [0.25, 0.3) is 0 Å². The Bertz CT molecular complexity index is 175. The molecule has 0 aliphatic rings. The van der Waals surface area contributed by atoms with E-state index in [1.54, 1.807) is 0 Å². The number of carbonyl (C=O) groups is 1. The van der Waals surface area contributed by atoms with Gasteiger partial charge in [0.15, 0.2) is 0 Å². The lowest BCUT2D eigenvalue weighted by molar-refractivity contribution is 0.150. The zero-order valence-corrected chi connectivity index (χ0v) is 9.01. The second kappa shape index (κ2) is 3.54. The number of amides is 1. The summed E-state index contributed by atoms with van der Waals surface area (Å²) in [6.45, 7) is 9.52. The van der Waals surface area contributed by atoms with E-state index in [1.807, 2.05) is 34.6 Å². The van der Waals surface area contributed by atoms with Gasteiger partial charge in [-0.2, -0.15) is 0 Å². The molecule has 1 unspecified atom stereocenters. The monoisotopic (exact) mass is 188 g/mol. The smallest absolute Gasteiger partial charge is 0.404 e. The Hall–Kier alpha value is -0.770. The van der Waals surface area contributed by atoms with Crippen molar-refractivity contribution >= 4 is 6.09 Å². The second-order valence-corrected chi connectivity index (χ2v) is 5.07. The third kappa shape index (κ3) is 4.12. The average Bonchev–Trinajstić information content (AvgIpc) is 1.77. The molecule has 0 rings (SSSR count). The number of hydrogen-bond acceptors (Lipinski definition) is 2. The van der Waals surface area contributed by atoms with Crippen LogP contribution < -0.4 is 11.1 Å². The summed E-state index contributed by atoms with van der Waals surface area (Å²) in [7, 11) is 0. The van der Waals surface area contributed by atoms with Gasteiger partial charge in [-0.15, -0.1) is 0 Å². The highest BCUT2D eigenvalue weighted by molar-refractivity contribution is 5.65. The molecule has 0 radical (unpaired) electrons. The summed E-state index contributed by atoms with van der Waals surface area (Å²) in [6.07, 6.45) is -1.03. The number of nitrogens with one attached hydrogen (secondary N) is 1. The van der Waals surface area contributed by atoms with Gasteiger partial charge < -0.3 is 16.2 Å². The Morgan fingerprint density at radius 1 is 1.31 bits per heavy atom. The predicted octanol–water partition coefficient (Wildman–Crippen LogP) is 1.41. The Balaban J connectivity index is 4.68. The minimum Gasteiger partial charge on any atom is -0.465 e. The molecule has 0 fully saturated rings. The van der Waals surface area contributed by atoms with Crippen LogP contribution in [0.1, 0.15) is 34.6 Å². The van der Waals surface area contributed by atoms with Gasteiger partial charge >= 0.3 is 6.09 Å². The maximum atomic E-state index is 10.5. The van der Waals surface area contributed by atoms with E-state index < -0.39 is 11.6 Å². The Morgan fingerprint density at radius 2 is 1.69 bits per heavy atom. The van der Waals surface area contributed by atoms with Gasteiger partial charge in [0.25, 0.3) is 0 Å². The van der Waals surface area contributed by atoms with Gasteiger partial charge in [-0.1, -0.05) is 20.8 Å². The molecule has 0 aromatic carbocycles. The summed E-state index contributed by atoms with van der Waals surface area (Å²) in [4.78, 5) is 10.5. The first kappa shape index (κ1) is 12.2. The van der Waals surface area contributed by atoms with Gasteiger partial charge in [0.1, 0.15) is 0 Å². The lowest BCUT2D eigenvalue weighted by Crippen LogP contribution is -2.60. The quantitative estimate of drug-likeness (QED) is 0.613. The molecule has 0 aromatic rings. The van der Waals surface area contributed by atoms with E-state index in [-0.39, 0.29) is 11.5 Å². The highest BCUT2D eigenvalue weighted by atomic mass is 16.4. The SMILES string of the molecule is CC(C)(C)C(NC(=O)O)C(C)(C)N. The minimum atomic E-state index is -1.03. The van der Waals surface area contributed by atoms with E-state index in [0.29, 0.717) is 0 Å². The van der Waals surface area contributed by atoms with Gasteiger partial charge in [0.2, 0.25) is 0 Å². The fourth-order valence-corrected chi connectivity index (χ4v) is 1.64. The highest BCUT2D eigenvalue weighted by Crippen LogP contribution is 2.26. The maximum absolute atomic E-state index is 10.5. The molecule has 4 heteroatoms. The number of nitrogens with two attached hydrogens (primary N) is 1. The van der Waals surface area contributed by atoms with Crippen LogP contribution in [0.4, 0.5) is 4.79 Å². The molecule has 78 valence electrons. The van der Waals surface area contributed by atoms with Crippen LogP contribution in [0.5, 0.6) is 0 Å². The summed E-state index contributed by atoms with van der Waals surface area (Å²) in [5, 5.41) is 11.1. The van der Waals surface area contributed by atoms with Crippen LogP contribution in [-0.2, 0) is 0 Å². The van der Waals surface area contributed by atoms with Crippen molar-refractivity contribution in [3.63, 3.8) is 0 Å². The molecule has 4 nitrogen and oxygen atoms in total. The molecule has 0 aliphatic heterocycles. The lowest BCUT2D eigenvalue weighted by atomic mass is 9.76. The van der Waals surface area contributed by atoms with Crippen LogP contribution in [0.15, 0.2) is 0 Å². The number of hydrogen-bond donors (Lipinski definition) is 3. The highest BCUT2D eigenvalue weighted by Gasteiger charge is 2.36. The molecule has 0 saturated heterocycles. The molecule has 0 heterocycles. The van der Waals surface area contributed by atoms with Gasteiger partial charge in [-0.25, -0.2) is 4.79 Å².